The first kappa shape index (κ1) is 18.6. The fourth-order valence-corrected chi connectivity index (χ4v) is 2.81. The molecule has 0 fully saturated rings. The third kappa shape index (κ3) is 4.51. The lowest BCUT2D eigenvalue weighted by Gasteiger charge is -2.08. The summed E-state index contributed by atoms with van der Waals surface area (Å²) >= 11 is 5.98. The molecule has 3 rings (SSSR count). The van der Waals surface area contributed by atoms with Gasteiger partial charge in [0.2, 0.25) is 0 Å². The average molecular weight is 385 g/mol. The molecule has 2 N–H and O–H groups in total. The Morgan fingerprint density at radius 1 is 1.11 bits per heavy atom. The van der Waals surface area contributed by atoms with E-state index >= 15 is 0 Å². The molecule has 0 aliphatic heterocycles. The fourth-order valence-electron chi connectivity index (χ4n) is 2.63. The molecule has 7 nitrogen and oxygen atoms in total. The van der Waals surface area contributed by atoms with E-state index in [1.165, 1.54) is 4.80 Å². The van der Waals surface area contributed by atoms with E-state index in [1.54, 1.807) is 55.5 Å². The predicted octanol–water partition coefficient (Wildman–Crippen LogP) is 2.79. The number of aromatic nitrogens is 3. The van der Waals surface area contributed by atoms with Gasteiger partial charge in [-0.3, -0.25) is 9.59 Å². The van der Waals surface area contributed by atoms with Gasteiger partial charge in [-0.2, -0.15) is 9.90 Å². The number of halogens is 1. The molecule has 0 aliphatic rings. The number of carboxylic acid groups (broad SMARTS) is 1. The number of carboxylic acids is 1. The largest absolute Gasteiger partial charge is 0.481 e. The maximum atomic E-state index is 12.5. The van der Waals surface area contributed by atoms with E-state index in [9.17, 15) is 9.59 Å². The molecule has 3 aromatic rings. The second-order valence-corrected chi connectivity index (χ2v) is 6.36. The zero-order chi connectivity index (χ0) is 19.4. The Bertz CT molecular complexity index is 1000. The van der Waals surface area contributed by atoms with E-state index in [1.807, 2.05) is 0 Å². The molecule has 138 valence electrons. The summed E-state index contributed by atoms with van der Waals surface area (Å²) in [5, 5.41) is 20.8. The van der Waals surface area contributed by atoms with Crippen molar-refractivity contribution in [1.82, 2.24) is 20.3 Å². The van der Waals surface area contributed by atoms with Crippen molar-refractivity contribution in [3.05, 3.63) is 76.1 Å². The minimum Gasteiger partial charge on any atom is -0.481 e. The summed E-state index contributed by atoms with van der Waals surface area (Å²) in [7, 11) is 0. The molecule has 8 heteroatoms. The van der Waals surface area contributed by atoms with Crippen LogP contribution in [0.2, 0.25) is 5.02 Å². The van der Waals surface area contributed by atoms with Crippen molar-refractivity contribution in [2.24, 2.45) is 0 Å². The fraction of sp³-hybridized carbons (Fsp3) is 0.158. The monoisotopic (exact) mass is 384 g/mol. The first-order valence-electron chi connectivity index (χ1n) is 8.20. The van der Waals surface area contributed by atoms with Crippen LogP contribution in [0.3, 0.4) is 0 Å². The van der Waals surface area contributed by atoms with Crippen molar-refractivity contribution >= 4 is 23.5 Å². The number of amides is 1. The van der Waals surface area contributed by atoms with Gasteiger partial charge in [0, 0.05) is 11.6 Å². The Labute approximate surface area is 160 Å². The SMILES string of the molecule is Cc1nn(-c2cccc(Cl)c2)nc1C(=O)NCc1ccccc1CC(=O)O. The van der Waals surface area contributed by atoms with Crippen LogP contribution in [0, 0.1) is 6.92 Å². The second-order valence-electron chi connectivity index (χ2n) is 5.93. The minimum atomic E-state index is -0.922. The van der Waals surface area contributed by atoms with E-state index in [-0.39, 0.29) is 24.6 Å². The molecule has 1 aromatic heterocycles. The third-order valence-electron chi connectivity index (χ3n) is 3.94. The number of carbonyl (C=O) groups excluding carboxylic acids is 1. The van der Waals surface area contributed by atoms with Crippen LogP contribution in [-0.2, 0) is 17.8 Å². The molecule has 0 atom stereocenters. The zero-order valence-electron chi connectivity index (χ0n) is 14.5. The smallest absolute Gasteiger partial charge is 0.307 e. The highest BCUT2D eigenvalue weighted by atomic mass is 35.5. The number of carbonyl (C=O) groups is 2. The van der Waals surface area contributed by atoms with Crippen LogP contribution in [0.5, 0.6) is 0 Å². The van der Waals surface area contributed by atoms with E-state index in [0.717, 1.165) is 5.56 Å². The van der Waals surface area contributed by atoms with Gasteiger partial charge in [0.25, 0.3) is 5.91 Å². The van der Waals surface area contributed by atoms with Crippen molar-refractivity contribution in [3.8, 4) is 5.69 Å². The highest BCUT2D eigenvalue weighted by molar-refractivity contribution is 6.30. The standard InChI is InChI=1S/C19H17ClN4O3/c1-12-18(23-24(22-12)16-8-4-7-15(20)10-16)19(27)21-11-14-6-3-2-5-13(14)9-17(25)26/h2-8,10H,9,11H2,1H3,(H,21,27)(H,25,26). The Morgan fingerprint density at radius 3 is 2.56 bits per heavy atom. The Morgan fingerprint density at radius 2 is 1.85 bits per heavy atom. The number of aliphatic carboxylic acids is 1. The lowest BCUT2D eigenvalue weighted by molar-refractivity contribution is -0.136. The van der Waals surface area contributed by atoms with E-state index in [4.69, 9.17) is 16.7 Å². The van der Waals surface area contributed by atoms with E-state index in [2.05, 4.69) is 15.5 Å². The molecular formula is C19H17ClN4O3. The predicted molar refractivity (Wildman–Crippen MR) is 100 cm³/mol. The van der Waals surface area contributed by atoms with Gasteiger partial charge in [0.05, 0.1) is 17.8 Å². The van der Waals surface area contributed by atoms with Crippen LogP contribution >= 0.6 is 11.6 Å². The van der Waals surface area contributed by atoms with Gasteiger partial charge in [-0.1, -0.05) is 41.9 Å². The lowest BCUT2D eigenvalue weighted by Crippen LogP contribution is -2.25. The Kier molecular flexibility index (Phi) is 5.52. The van der Waals surface area contributed by atoms with Gasteiger partial charge < -0.3 is 10.4 Å². The Balaban J connectivity index is 1.75. The van der Waals surface area contributed by atoms with Crippen molar-refractivity contribution in [1.29, 1.82) is 0 Å². The molecule has 0 spiro atoms. The summed E-state index contributed by atoms with van der Waals surface area (Å²) in [5.74, 6) is -1.31. The second kappa shape index (κ2) is 8.01. The van der Waals surface area contributed by atoms with Crippen LogP contribution in [0.1, 0.15) is 27.3 Å². The molecule has 0 saturated carbocycles. The Hall–Kier alpha value is -3.19. The number of benzene rings is 2. The van der Waals surface area contributed by atoms with Gasteiger partial charge in [-0.05, 0) is 36.2 Å². The van der Waals surface area contributed by atoms with Gasteiger partial charge in [0.1, 0.15) is 0 Å². The molecule has 1 amide bonds. The highest BCUT2D eigenvalue weighted by Gasteiger charge is 2.17. The third-order valence-corrected chi connectivity index (χ3v) is 4.17. The van der Waals surface area contributed by atoms with Crippen molar-refractivity contribution in [2.45, 2.75) is 19.9 Å². The summed E-state index contributed by atoms with van der Waals surface area (Å²) in [5.41, 5.74) is 2.73. The molecule has 27 heavy (non-hydrogen) atoms. The average Bonchev–Trinajstić information content (AvgIpc) is 3.02. The van der Waals surface area contributed by atoms with Crippen LogP contribution in [-0.4, -0.2) is 32.0 Å². The molecule has 2 aromatic carbocycles. The molecule has 0 aliphatic carbocycles. The van der Waals surface area contributed by atoms with Crippen molar-refractivity contribution in [3.63, 3.8) is 0 Å². The van der Waals surface area contributed by atoms with Crippen LogP contribution in [0.25, 0.3) is 5.69 Å². The highest BCUT2D eigenvalue weighted by Crippen LogP contribution is 2.15. The molecule has 0 bridgehead atoms. The lowest BCUT2D eigenvalue weighted by atomic mass is 10.0. The summed E-state index contributed by atoms with van der Waals surface area (Å²) in [6.45, 7) is 1.90. The van der Waals surface area contributed by atoms with Crippen molar-refractivity contribution < 1.29 is 14.7 Å². The van der Waals surface area contributed by atoms with Gasteiger partial charge in [-0.25, -0.2) is 0 Å². The molecule has 1 heterocycles. The van der Waals surface area contributed by atoms with Crippen molar-refractivity contribution in [2.75, 3.05) is 0 Å². The van der Waals surface area contributed by atoms with Crippen LogP contribution in [0.4, 0.5) is 0 Å². The first-order valence-corrected chi connectivity index (χ1v) is 8.58. The topological polar surface area (TPSA) is 97.1 Å². The minimum absolute atomic E-state index is 0.101. The maximum absolute atomic E-state index is 12.5. The molecule has 0 radical (unpaired) electrons. The number of nitrogens with zero attached hydrogens (tertiary/aromatic N) is 3. The number of nitrogens with one attached hydrogen (secondary N) is 1. The quantitative estimate of drug-likeness (QED) is 0.681. The summed E-state index contributed by atoms with van der Waals surface area (Å²) in [6, 6.07) is 14.1. The van der Waals surface area contributed by atoms with E-state index < -0.39 is 5.97 Å². The summed E-state index contributed by atoms with van der Waals surface area (Å²) in [4.78, 5) is 24.8. The molecule has 0 saturated heterocycles. The summed E-state index contributed by atoms with van der Waals surface area (Å²) in [6.07, 6.45) is -0.101. The normalized spacial score (nSPS) is 10.6. The van der Waals surface area contributed by atoms with Crippen LogP contribution < -0.4 is 5.32 Å². The van der Waals surface area contributed by atoms with Gasteiger partial charge in [-0.15, -0.1) is 5.10 Å². The zero-order valence-corrected chi connectivity index (χ0v) is 15.3. The number of aryl methyl sites for hydroxylation is 1. The molecule has 0 unspecified atom stereocenters. The first-order chi connectivity index (χ1) is 12.9. The number of hydrogen-bond acceptors (Lipinski definition) is 4. The van der Waals surface area contributed by atoms with E-state index in [0.29, 0.717) is 22.0 Å². The van der Waals surface area contributed by atoms with Gasteiger partial charge >= 0.3 is 5.97 Å². The maximum Gasteiger partial charge on any atom is 0.307 e. The van der Waals surface area contributed by atoms with Gasteiger partial charge in [0.15, 0.2) is 5.69 Å². The number of rotatable bonds is 6. The summed E-state index contributed by atoms with van der Waals surface area (Å²) < 4.78 is 0. The van der Waals surface area contributed by atoms with Crippen LogP contribution in [0.15, 0.2) is 48.5 Å². The molecular weight excluding hydrogens is 368 g/mol. The number of hydrogen-bond donors (Lipinski definition) is 2.